The number of H-pyrrole nitrogens is 1. The summed E-state index contributed by atoms with van der Waals surface area (Å²) in [6.07, 6.45) is 2.15. The number of nitrogens with one attached hydrogen (secondary N) is 1. The third kappa shape index (κ3) is 3.29. The average molecular weight is 290 g/mol. The van der Waals surface area contributed by atoms with E-state index in [1.165, 1.54) is 7.11 Å². The maximum Gasteiger partial charge on any atom is 0.294 e. The van der Waals surface area contributed by atoms with E-state index in [-0.39, 0.29) is 11.3 Å². The molecule has 0 amide bonds. The molecule has 1 heterocycles. The van der Waals surface area contributed by atoms with Gasteiger partial charge >= 0.3 is 0 Å². The molecule has 2 rings (SSSR count). The molecule has 1 atom stereocenters. The molecular formula is C16H22N2O3. The van der Waals surface area contributed by atoms with Gasteiger partial charge in [0.2, 0.25) is 5.75 Å². The van der Waals surface area contributed by atoms with Crippen molar-refractivity contribution in [2.75, 3.05) is 19.5 Å². The maximum absolute atomic E-state index is 12.2. The fourth-order valence-corrected chi connectivity index (χ4v) is 2.40. The second-order valence-electron chi connectivity index (χ2n) is 5.33. The Kier molecular flexibility index (Phi) is 4.73. The van der Waals surface area contributed by atoms with Gasteiger partial charge in [0.1, 0.15) is 0 Å². The Bertz CT molecular complexity index is 679. The summed E-state index contributed by atoms with van der Waals surface area (Å²) < 4.78 is 11.1. The summed E-state index contributed by atoms with van der Waals surface area (Å²) in [4.78, 5) is 15.0. The molecule has 0 radical (unpaired) electrons. The number of methoxy groups -OCH3 is 1. The molecule has 2 aromatic rings. The number of pyridine rings is 1. The first kappa shape index (κ1) is 15.2. The highest BCUT2D eigenvalue weighted by atomic mass is 16.5. The zero-order valence-corrected chi connectivity index (χ0v) is 12.7. The Hall–Kier alpha value is -2.17. The molecule has 0 spiro atoms. The molecule has 0 aliphatic heterocycles. The predicted molar refractivity (Wildman–Crippen MR) is 85.1 cm³/mol. The molecule has 5 heteroatoms. The van der Waals surface area contributed by atoms with Crippen molar-refractivity contribution in [3.05, 3.63) is 28.6 Å². The fraction of sp³-hybridized carbons (Fsp3) is 0.438. The van der Waals surface area contributed by atoms with Crippen LogP contribution in [0.1, 0.15) is 26.7 Å². The van der Waals surface area contributed by atoms with Crippen molar-refractivity contribution in [1.29, 1.82) is 0 Å². The Labute approximate surface area is 124 Å². The molecule has 5 nitrogen and oxygen atoms in total. The fourth-order valence-electron chi connectivity index (χ4n) is 2.40. The van der Waals surface area contributed by atoms with Gasteiger partial charge in [-0.2, -0.15) is 0 Å². The van der Waals surface area contributed by atoms with Crippen LogP contribution in [0.25, 0.3) is 10.9 Å². The highest BCUT2D eigenvalue weighted by Gasteiger charge is 2.16. The molecule has 0 aliphatic carbocycles. The first-order valence-corrected chi connectivity index (χ1v) is 7.19. The number of hydrogen-bond acceptors (Lipinski definition) is 4. The number of hydrogen-bond donors (Lipinski definition) is 2. The van der Waals surface area contributed by atoms with E-state index in [9.17, 15) is 4.79 Å². The number of fused-ring (bicyclic) bond motifs is 1. The monoisotopic (exact) mass is 290 g/mol. The zero-order valence-electron chi connectivity index (χ0n) is 12.7. The summed E-state index contributed by atoms with van der Waals surface area (Å²) >= 11 is 0. The van der Waals surface area contributed by atoms with Crippen LogP contribution in [0.15, 0.2) is 23.0 Å². The molecule has 0 saturated heterocycles. The van der Waals surface area contributed by atoms with Crippen molar-refractivity contribution in [2.45, 2.75) is 26.7 Å². The van der Waals surface area contributed by atoms with E-state index >= 15 is 0 Å². The molecule has 1 aromatic heterocycles. The molecule has 0 saturated carbocycles. The van der Waals surface area contributed by atoms with Gasteiger partial charge in [0.15, 0.2) is 5.75 Å². The Morgan fingerprint density at radius 1 is 1.33 bits per heavy atom. The molecule has 114 valence electrons. The van der Waals surface area contributed by atoms with Gasteiger partial charge in [0.05, 0.1) is 19.2 Å². The number of ether oxygens (including phenoxy) is 2. The first-order valence-electron chi connectivity index (χ1n) is 7.19. The number of nitrogen functional groups attached to an aromatic ring is 1. The van der Waals surface area contributed by atoms with Crippen LogP contribution < -0.4 is 20.8 Å². The topological polar surface area (TPSA) is 77.3 Å². The number of rotatable bonds is 6. The summed E-state index contributed by atoms with van der Waals surface area (Å²) in [7, 11) is 1.53. The van der Waals surface area contributed by atoms with Crippen molar-refractivity contribution >= 4 is 16.6 Å². The lowest BCUT2D eigenvalue weighted by atomic mass is 10.1. The van der Waals surface area contributed by atoms with Crippen LogP contribution in [-0.2, 0) is 0 Å². The predicted octanol–water partition coefficient (Wildman–Crippen LogP) is 2.93. The smallest absolute Gasteiger partial charge is 0.294 e. The standard InChI is InChI=1S/C16H22N2O3/c1-4-5-10(2)9-21-15-14(20-3)12-7-6-11(17)8-13(12)18-16(15)19/h6-8,10H,4-5,9,17H2,1-3H3,(H,18,19). The van der Waals surface area contributed by atoms with Crippen molar-refractivity contribution in [3.63, 3.8) is 0 Å². The van der Waals surface area contributed by atoms with Crippen LogP contribution in [0.4, 0.5) is 5.69 Å². The number of aromatic nitrogens is 1. The molecule has 0 bridgehead atoms. The summed E-state index contributed by atoms with van der Waals surface area (Å²) in [6.45, 7) is 4.73. The summed E-state index contributed by atoms with van der Waals surface area (Å²) in [6, 6.07) is 5.30. The normalized spacial score (nSPS) is 12.3. The minimum Gasteiger partial charge on any atom is -0.492 e. The van der Waals surface area contributed by atoms with E-state index in [0.717, 1.165) is 18.2 Å². The van der Waals surface area contributed by atoms with E-state index in [1.54, 1.807) is 12.1 Å². The zero-order chi connectivity index (χ0) is 15.4. The van der Waals surface area contributed by atoms with Crippen LogP contribution in [0.5, 0.6) is 11.5 Å². The maximum atomic E-state index is 12.2. The first-order chi connectivity index (χ1) is 10.1. The van der Waals surface area contributed by atoms with Gasteiger partial charge in [0.25, 0.3) is 5.56 Å². The van der Waals surface area contributed by atoms with E-state index in [4.69, 9.17) is 15.2 Å². The van der Waals surface area contributed by atoms with Crippen LogP contribution >= 0.6 is 0 Å². The Morgan fingerprint density at radius 3 is 2.76 bits per heavy atom. The van der Waals surface area contributed by atoms with Gasteiger partial charge in [-0.05, 0) is 30.5 Å². The van der Waals surface area contributed by atoms with Crippen LogP contribution in [0.2, 0.25) is 0 Å². The third-order valence-corrected chi connectivity index (χ3v) is 3.45. The molecule has 0 fully saturated rings. The summed E-state index contributed by atoms with van der Waals surface area (Å²) in [5.41, 5.74) is 6.68. The van der Waals surface area contributed by atoms with E-state index in [1.807, 2.05) is 6.07 Å². The SMILES string of the molecule is CCCC(C)COc1c(OC)c2ccc(N)cc2[nH]c1=O. The molecule has 0 aliphatic rings. The van der Waals surface area contributed by atoms with Gasteiger partial charge in [0, 0.05) is 11.1 Å². The summed E-state index contributed by atoms with van der Waals surface area (Å²) in [5.74, 6) is 1.08. The van der Waals surface area contributed by atoms with Crippen LogP contribution in [0.3, 0.4) is 0 Å². The van der Waals surface area contributed by atoms with Crippen molar-refractivity contribution in [2.24, 2.45) is 5.92 Å². The van der Waals surface area contributed by atoms with Gasteiger partial charge in [-0.25, -0.2) is 0 Å². The lowest BCUT2D eigenvalue weighted by Gasteiger charge is -2.15. The number of anilines is 1. The third-order valence-electron chi connectivity index (χ3n) is 3.45. The van der Waals surface area contributed by atoms with Gasteiger partial charge in [-0.15, -0.1) is 0 Å². The highest BCUT2D eigenvalue weighted by Crippen LogP contribution is 2.32. The van der Waals surface area contributed by atoms with Gasteiger partial charge in [-0.1, -0.05) is 20.3 Å². The molecule has 1 unspecified atom stereocenters. The van der Waals surface area contributed by atoms with Crippen LogP contribution in [-0.4, -0.2) is 18.7 Å². The lowest BCUT2D eigenvalue weighted by Crippen LogP contribution is -2.17. The lowest BCUT2D eigenvalue weighted by molar-refractivity contribution is 0.238. The van der Waals surface area contributed by atoms with E-state index in [2.05, 4.69) is 18.8 Å². The minimum atomic E-state index is -0.298. The van der Waals surface area contributed by atoms with Crippen molar-refractivity contribution < 1.29 is 9.47 Å². The van der Waals surface area contributed by atoms with E-state index in [0.29, 0.717) is 29.5 Å². The minimum absolute atomic E-state index is 0.234. The molecular weight excluding hydrogens is 268 g/mol. The molecule has 21 heavy (non-hydrogen) atoms. The van der Waals surface area contributed by atoms with Crippen LogP contribution in [0, 0.1) is 5.92 Å². The number of benzene rings is 1. The number of aromatic amines is 1. The summed E-state index contributed by atoms with van der Waals surface area (Å²) in [5, 5.41) is 0.782. The Balaban J connectivity index is 2.41. The molecule has 1 aromatic carbocycles. The highest BCUT2D eigenvalue weighted by molar-refractivity contribution is 5.89. The second kappa shape index (κ2) is 6.52. The van der Waals surface area contributed by atoms with E-state index < -0.39 is 0 Å². The number of nitrogens with two attached hydrogens (primary N) is 1. The second-order valence-corrected chi connectivity index (χ2v) is 5.33. The van der Waals surface area contributed by atoms with Gasteiger partial charge < -0.3 is 20.2 Å². The molecule has 3 N–H and O–H groups in total. The van der Waals surface area contributed by atoms with Crippen molar-refractivity contribution in [3.8, 4) is 11.5 Å². The van der Waals surface area contributed by atoms with Crippen molar-refractivity contribution in [1.82, 2.24) is 4.98 Å². The average Bonchev–Trinajstić information content (AvgIpc) is 2.44. The quantitative estimate of drug-likeness (QED) is 0.802. The largest absolute Gasteiger partial charge is 0.492 e. The Morgan fingerprint density at radius 2 is 2.10 bits per heavy atom. The van der Waals surface area contributed by atoms with Gasteiger partial charge in [-0.3, -0.25) is 4.79 Å².